The molecule has 11 heteroatoms. The minimum atomic E-state index is -0.964. The molecule has 2 heterocycles. The quantitative estimate of drug-likeness (QED) is 0.427. The highest BCUT2D eigenvalue weighted by molar-refractivity contribution is 8.26. The van der Waals surface area contributed by atoms with Gasteiger partial charge in [0.25, 0.3) is 11.8 Å². The third kappa shape index (κ3) is 4.70. The molecular weight excluding hydrogens is 498 g/mol. The zero-order chi connectivity index (χ0) is 24.4. The van der Waals surface area contributed by atoms with Gasteiger partial charge in [-0.1, -0.05) is 65.9 Å². The maximum atomic E-state index is 13.4. The molecule has 1 fully saturated rings. The molecule has 2 aromatic carbocycles. The Morgan fingerprint density at radius 2 is 1.74 bits per heavy atom. The summed E-state index contributed by atoms with van der Waals surface area (Å²) in [6.07, 6.45) is 0.141. The van der Waals surface area contributed by atoms with E-state index in [-0.39, 0.29) is 40.7 Å². The number of hydrogen-bond acceptors (Lipinski definition) is 6. The van der Waals surface area contributed by atoms with Crippen molar-refractivity contribution in [2.24, 2.45) is 0 Å². The number of halogens is 1. The molecular formula is C23H18ClN3O5S2. The van der Waals surface area contributed by atoms with Gasteiger partial charge in [-0.05, 0) is 24.6 Å². The van der Waals surface area contributed by atoms with Crippen LogP contribution >= 0.6 is 35.6 Å². The number of nitrogens with zero attached hydrogens (tertiary/aromatic N) is 2. The molecule has 2 aliphatic heterocycles. The summed E-state index contributed by atoms with van der Waals surface area (Å²) in [7, 11) is 0. The van der Waals surface area contributed by atoms with Crippen molar-refractivity contribution in [2.45, 2.75) is 12.8 Å². The number of carbonyl (C=O) groups is 4. The van der Waals surface area contributed by atoms with Crippen molar-refractivity contribution in [1.82, 2.24) is 4.90 Å². The summed E-state index contributed by atoms with van der Waals surface area (Å²) in [6, 6.07) is 13.7. The predicted molar refractivity (Wildman–Crippen MR) is 135 cm³/mol. The van der Waals surface area contributed by atoms with Crippen molar-refractivity contribution < 1.29 is 24.3 Å². The van der Waals surface area contributed by atoms with Crippen molar-refractivity contribution in [3.8, 4) is 0 Å². The summed E-state index contributed by atoms with van der Waals surface area (Å²) in [4.78, 5) is 52.8. The van der Waals surface area contributed by atoms with Gasteiger partial charge in [0.2, 0.25) is 5.91 Å². The topological polar surface area (TPSA) is 107 Å². The first-order valence-corrected chi connectivity index (χ1v) is 11.8. The van der Waals surface area contributed by atoms with Crippen LogP contribution in [0, 0.1) is 0 Å². The average molecular weight is 516 g/mol. The number of fused-ring (bicyclic) bond motifs is 1. The van der Waals surface area contributed by atoms with Gasteiger partial charge in [0, 0.05) is 18.5 Å². The molecule has 0 unspecified atom stereocenters. The van der Waals surface area contributed by atoms with Crippen LogP contribution in [0.15, 0.2) is 53.4 Å². The Kier molecular flexibility index (Phi) is 7.01. The number of carboxylic acid groups (broad SMARTS) is 1. The molecule has 0 bridgehead atoms. The summed E-state index contributed by atoms with van der Waals surface area (Å²) in [5.74, 6) is -2.34. The first-order valence-electron chi connectivity index (χ1n) is 10.2. The van der Waals surface area contributed by atoms with Crippen molar-refractivity contribution in [1.29, 1.82) is 0 Å². The summed E-state index contributed by atoms with van der Waals surface area (Å²) < 4.78 is 0.262. The fraction of sp³-hybridized carbons (Fsp3) is 0.174. The molecule has 0 saturated carbocycles. The van der Waals surface area contributed by atoms with E-state index in [1.807, 2.05) is 0 Å². The lowest BCUT2D eigenvalue weighted by Crippen LogP contribution is -2.35. The Hall–Kier alpha value is -3.21. The van der Waals surface area contributed by atoms with E-state index >= 15 is 0 Å². The number of aliphatic carboxylic acids is 1. The molecule has 4 rings (SSSR count). The van der Waals surface area contributed by atoms with Crippen LogP contribution in [0.2, 0.25) is 5.02 Å². The van der Waals surface area contributed by atoms with E-state index in [0.29, 0.717) is 22.0 Å². The van der Waals surface area contributed by atoms with E-state index in [2.05, 4.69) is 5.32 Å². The number of carbonyl (C=O) groups excluding carboxylic acids is 3. The van der Waals surface area contributed by atoms with Gasteiger partial charge in [-0.3, -0.25) is 29.0 Å². The number of para-hydroxylation sites is 2. The first kappa shape index (κ1) is 23.9. The van der Waals surface area contributed by atoms with Crippen molar-refractivity contribution in [3.05, 3.63) is 64.0 Å². The van der Waals surface area contributed by atoms with Gasteiger partial charge < -0.3 is 10.4 Å². The van der Waals surface area contributed by atoms with E-state index in [9.17, 15) is 19.2 Å². The lowest BCUT2D eigenvalue weighted by Gasteiger charge is -2.17. The average Bonchev–Trinajstić information content (AvgIpc) is 3.22. The molecule has 2 aliphatic rings. The maximum Gasteiger partial charge on any atom is 0.303 e. The van der Waals surface area contributed by atoms with Crippen LogP contribution in [0.5, 0.6) is 0 Å². The number of amides is 3. The van der Waals surface area contributed by atoms with Crippen LogP contribution in [-0.2, 0) is 19.2 Å². The Bertz CT molecular complexity index is 1260. The number of hydrogen-bond donors (Lipinski definition) is 2. The van der Waals surface area contributed by atoms with E-state index in [1.54, 1.807) is 48.5 Å². The van der Waals surface area contributed by atoms with E-state index in [4.69, 9.17) is 28.9 Å². The molecule has 0 spiro atoms. The highest BCUT2D eigenvalue weighted by Gasteiger charge is 2.42. The number of carboxylic acids is 1. The summed E-state index contributed by atoms with van der Waals surface area (Å²) in [6.45, 7) is -0.128. The van der Waals surface area contributed by atoms with E-state index < -0.39 is 23.7 Å². The third-order valence-electron chi connectivity index (χ3n) is 5.22. The van der Waals surface area contributed by atoms with Gasteiger partial charge in [-0.2, -0.15) is 0 Å². The molecule has 2 aromatic rings. The summed E-state index contributed by atoms with van der Waals surface area (Å²) in [5.41, 5.74) is 1.65. The lowest BCUT2D eigenvalue weighted by atomic mass is 10.1. The molecule has 2 N–H and O–H groups in total. The fourth-order valence-corrected chi connectivity index (χ4v) is 5.25. The second-order valence-corrected chi connectivity index (χ2v) is 9.51. The Balaban J connectivity index is 1.60. The smallest absolute Gasteiger partial charge is 0.303 e. The number of rotatable bonds is 7. The number of benzene rings is 2. The Labute approximate surface area is 209 Å². The number of thiocarbonyl (C=S) groups is 1. The van der Waals surface area contributed by atoms with Gasteiger partial charge in [-0.15, -0.1) is 0 Å². The number of nitrogens with one attached hydrogen (secondary N) is 1. The Morgan fingerprint density at radius 1 is 1.03 bits per heavy atom. The van der Waals surface area contributed by atoms with Gasteiger partial charge in [0.15, 0.2) is 0 Å². The van der Waals surface area contributed by atoms with Crippen molar-refractivity contribution in [3.63, 3.8) is 0 Å². The molecule has 8 nitrogen and oxygen atoms in total. The maximum absolute atomic E-state index is 13.4. The molecule has 0 radical (unpaired) electrons. The third-order valence-corrected chi connectivity index (χ3v) is 7.00. The van der Waals surface area contributed by atoms with E-state index in [0.717, 1.165) is 11.8 Å². The van der Waals surface area contributed by atoms with Gasteiger partial charge in [0.1, 0.15) is 10.9 Å². The van der Waals surface area contributed by atoms with Crippen LogP contribution < -0.4 is 10.2 Å². The molecule has 1 saturated heterocycles. The van der Waals surface area contributed by atoms with Crippen LogP contribution in [0.4, 0.5) is 11.4 Å². The molecule has 3 amide bonds. The molecule has 34 heavy (non-hydrogen) atoms. The van der Waals surface area contributed by atoms with Crippen molar-refractivity contribution >= 4 is 80.5 Å². The van der Waals surface area contributed by atoms with Crippen molar-refractivity contribution in [2.75, 3.05) is 23.3 Å². The molecule has 0 aliphatic carbocycles. The minimum Gasteiger partial charge on any atom is -0.481 e. The number of anilines is 2. The zero-order valence-corrected chi connectivity index (χ0v) is 20.0. The second-order valence-electron chi connectivity index (χ2n) is 7.46. The van der Waals surface area contributed by atoms with Gasteiger partial charge in [0.05, 0.1) is 26.9 Å². The minimum absolute atomic E-state index is 0.0982. The second kappa shape index (κ2) is 9.96. The number of thioether (sulfide) groups is 1. The van der Waals surface area contributed by atoms with Crippen LogP contribution in [-0.4, -0.2) is 51.1 Å². The standard InChI is InChI=1S/C23H18ClN3O5S2/c24-14-7-2-3-8-15(14)25-17(28)12-27-16-9-4-1-6-13(16)19(21(27)31)20-22(32)26(23(33)34-20)11-5-10-18(29)30/h1-4,6-9H,5,10-12H2,(H,25,28)(H,29,30). The molecule has 0 atom stereocenters. The van der Waals surface area contributed by atoms with Crippen LogP contribution in [0.3, 0.4) is 0 Å². The van der Waals surface area contributed by atoms with Gasteiger partial charge >= 0.3 is 5.97 Å². The monoisotopic (exact) mass is 515 g/mol. The highest BCUT2D eigenvalue weighted by atomic mass is 35.5. The van der Waals surface area contributed by atoms with Crippen LogP contribution in [0.1, 0.15) is 18.4 Å². The SMILES string of the molecule is O=C(O)CCCN1C(=O)C(=C2C(=O)N(CC(=O)Nc3ccccc3Cl)c3ccccc32)SC1=S. The lowest BCUT2D eigenvalue weighted by molar-refractivity contribution is -0.137. The van der Waals surface area contributed by atoms with Gasteiger partial charge in [-0.25, -0.2) is 0 Å². The first-order chi connectivity index (χ1) is 16.3. The normalized spacial score (nSPS) is 17.4. The fourth-order valence-electron chi connectivity index (χ4n) is 3.68. The predicted octanol–water partition coefficient (Wildman–Crippen LogP) is 3.76. The largest absolute Gasteiger partial charge is 0.481 e. The summed E-state index contributed by atoms with van der Waals surface area (Å²) >= 11 is 12.4. The summed E-state index contributed by atoms with van der Waals surface area (Å²) in [5, 5.41) is 11.9. The molecule has 0 aromatic heterocycles. The van der Waals surface area contributed by atoms with E-state index in [1.165, 1.54) is 9.80 Å². The highest BCUT2D eigenvalue weighted by Crippen LogP contribution is 2.44. The molecule has 174 valence electrons. The zero-order valence-electron chi connectivity index (χ0n) is 17.6. The van der Waals surface area contributed by atoms with Crippen LogP contribution in [0.25, 0.3) is 5.57 Å². The Morgan fingerprint density at radius 3 is 2.47 bits per heavy atom.